The average Bonchev–Trinajstić information content (AvgIpc) is 3.63. The number of aliphatic hydroxyl groups is 1. The van der Waals surface area contributed by atoms with E-state index in [1.54, 1.807) is 5.57 Å². The lowest BCUT2D eigenvalue weighted by Gasteiger charge is -2.53. The molecule has 5 atom stereocenters. The first-order valence-electron chi connectivity index (χ1n) is 16.1. The van der Waals surface area contributed by atoms with Crippen LogP contribution in [0.25, 0.3) is 0 Å². The predicted octanol–water partition coefficient (Wildman–Crippen LogP) is 7.04. The van der Waals surface area contributed by atoms with E-state index in [1.165, 1.54) is 40.9 Å². The largest absolute Gasteiger partial charge is 0.378 e. The first kappa shape index (κ1) is 27.5. The topological polar surface area (TPSA) is 43.8 Å². The molecule has 5 aliphatic rings. The number of fused-ring (bicyclic) bond motifs is 4. The molecule has 1 aliphatic heterocycles. The number of benzene rings is 2. The van der Waals surface area contributed by atoms with Crippen molar-refractivity contribution in [3.63, 3.8) is 0 Å². The summed E-state index contributed by atoms with van der Waals surface area (Å²) in [4.78, 5) is 17.0. The van der Waals surface area contributed by atoms with Gasteiger partial charge < -0.3 is 14.9 Å². The molecule has 2 aromatic carbocycles. The van der Waals surface area contributed by atoms with Crippen LogP contribution in [-0.2, 0) is 4.79 Å². The summed E-state index contributed by atoms with van der Waals surface area (Å²) in [6.07, 6.45) is 10.6. The van der Waals surface area contributed by atoms with Crippen molar-refractivity contribution in [2.75, 3.05) is 37.0 Å². The Hall–Kier alpha value is -3.29. The van der Waals surface area contributed by atoms with Crippen molar-refractivity contribution in [2.24, 2.45) is 17.3 Å². The van der Waals surface area contributed by atoms with E-state index < -0.39 is 5.60 Å². The summed E-state index contributed by atoms with van der Waals surface area (Å²) in [5, 5.41) is 12.4. The third-order valence-corrected chi connectivity index (χ3v) is 11.5. The van der Waals surface area contributed by atoms with Crippen LogP contribution in [0.15, 0.2) is 71.3 Å². The second-order valence-corrected chi connectivity index (χ2v) is 13.9. The van der Waals surface area contributed by atoms with Crippen LogP contribution in [0.5, 0.6) is 0 Å². The molecule has 42 heavy (non-hydrogen) atoms. The fourth-order valence-electron chi connectivity index (χ4n) is 9.08. The zero-order valence-electron chi connectivity index (χ0n) is 25.5. The summed E-state index contributed by atoms with van der Waals surface area (Å²) in [7, 11) is 4.16. The zero-order chi connectivity index (χ0) is 29.1. The van der Waals surface area contributed by atoms with Crippen LogP contribution in [-0.4, -0.2) is 43.7 Å². The number of allylic oxidation sites excluding steroid dienone is 4. The summed E-state index contributed by atoms with van der Waals surface area (Å²) in [6, 6.07) is 17.7. The Morgan fingerprint density at radius 2 is 1.69 bits per heavy atom. The Morgan fingerprint density at radius 1 is 0.952 bits per heavy atom. The van der Waals surface area contributed by atoms with E-state index in [4.69, 9.17) is 0 Å². The summed E-state index contributed by atoms with van der Waals surface area (Å²) in [5.41, 5.74) is 7.74. The van der Waals surface area contributed by atoms with Crippen LogP contribution in [0, 0.1) is 29.1 Å². The van der Waals surface area contributed by atoms with E-state index in [2.05, 4.69) is 91.2 Å². The fraction of sp³-hybridized carbons (Fsp3) is 0.500. The molecule has 1 N–H and O–H groups in total. The number of hydrogen-bond acceptors (Lipinski definition) is 4. The minimum atomic E-state index is -1.03. The highest BCUT2D eigenvalue weighted by atomic mass is 16.3. The molecule has 4 aliphatic carbocycles. The monoisotopic (exact) mass is 560 g/mol. The molecule has 4 nitrogen and oxygen atoms in total. The second kappa shape index (κ2) is 10.5. The number of ketones is 1. The van der Waals surface area contributed by atoms with Crippen molar-refractivity contribution in [3.8, 4) is 11.8 Å². The molecule has 1 heterocycles. The van der Waals surface area contributed by atoms with E-state index in [0.29, 0.717) is 18.3 Å². The fourth-order valence-corrected chi connectivity index (χ4v) is 9.08. The van der Waals surface area contributed by atoms with Gasteiger partial charge in [-0.1, -0.05) is 36.5 Å². The van der Waals surface area contributed by atoms with Crippen LogP contribution >= 0.6 is 0 Å². The van der Waals surface area contributed by atoms with Gasteiger partial charge in [0.2, 0.25) is 0 Å². The van der Waals surface area contributed by atoms with Gasteiger partial charge in [-0.05, 0) is 122 Å². The number of hydrogen-bond donors (Lipinski definition) is 1. The normalized spacial score (nSPS) is 32.0. The van der Waals surface area contributed by atoms with Gasteiger partial charge in [0.25, 0.3) is 0 Å². The van der Waals surface area contributed by atoms with Gasteiger partial charge in [-0.25, -0.2) is 0 Å². The van der Waals surface area contributed by atoms with Crippen molar-refractivity contribution in [2.45, 2.75) is 76.2 Å². The van der Waals surface area contributed by atoms with Crippen molar-refractivity contribution < 1.29 is 9.90 Å². The predicted molar refractivity (Wildman–Crippen MR) is 171 cm³/mol. The molecule has 0 unspecified atom stereocenters. The maximum absolute atomic E-state index is 12.4. The standard InChI is InChI=1S/C38H44N2O2/c1-37-25-34(27-8-13-29(14-9-27)39(2)3)36-32-17-15-31(41)24-28(32)10-16-33(36)35(37)19-21-38(37,42)20-18-26-6-11-30(12-7-26)40-22-4-5-23-40/h6-9,11-14,24,33-35,42H,4-5,10,15-17,19,21-23,25H2,1-3H3/t33-,34+,35-,37-,38-/m0/s1. The Kier molecular flexibility index (Phi) is 6.86. The Bertz CT molecular complexity index is 1500. The maximum Gasteiger partial charge on any atom is 0.156 e. The van der Waals surface area contributed by atoms with Gasteiger partial charge in [0.05, 0.1) is 0 Å². The van der Waals surface area contributed by atoms with Gasteiger partial charge >= 0.3 is 0 Å². The van der Waals surface area contributed by atoms with Crippen molar-refractivity contribution in [1.29, 1.82) is 0 Å². The molecule has 2 aromatic rings. The van der Waals surface area contributed by atoms with Gasteiger partial charge in [0.1, 0.15) is 5.60 Å². The van der Waals surface area contributed by atoms with E-state index >= 15 is 0 Å². The highest BCUT2D eigenvalue weighted by molar-refractivity contribution is 5.93. The minimum Gasteiger partial charge on any atom is -0.378 e. The van der Waals surface area contributed by atoms with Crippen LogP contribution < -0.4 is 9.80 Å². The number of anilines is 2. The second-order valence-electron chi connectivity index (χ2n) is 13.9. The quantitative estimate of drug-likeness (QED) is 0.409. The first-order valence-corrected chi connectivity index (χ1v) is 16.1. The summed E-state index contributed by atoms with van der Waals surface area (Å²) in [6.45, 7) is 4.60. The minimum absolute atomic E-state index is 0.227. The molecule has 3 fully saturated rings. The lowest BCUT2D eigenvalue weighted by atomic mass is 9.51. The van der Waals surface area contributed by atoms with Gasteiger partial charge in [0.15, 0.2) is 5.78 Å². The van der Waals surface area contributed by atoms with E-state index in [1.807, 2.05) is 6.08 Å². The maximum atomic E-state index is 12.4. The molecular weight excluding hydrogens is 516 g/mol. The van der Waals surface area contributed by atoms with E-state index in [0.717, 1.165) is 57.2 Å². The van der Waals surface area contributed by atoms with Crippen molar-refractivity contribution >= 4 is 17.2 Å². The van der Waals surface area contributed by atoms with Crippen LogP contribution in [0.3, 0.4) is 0 Å². The average molecular weight is 561 g/mol. The van der Waals surface area contributed by atoms with Crippen LogP contribution in [0.4, 0.5) is 11.4 Å². The number of rotatable bonds is 3. The molecule has 0 radical (unpaired) electrons. The van der Waals surface area contributed by atoms with Gasteiger partial charge in [-0.15, -0.1) is 0 Å². The van der Waals surface area contributed by atoms with Crippen molar-refractivity contribution in [1.82, 2.24) is 0 Å². The first-order chi connectivity index (χ1) is 20.3. The Labute approximate surface area is 251 Å². The summed E-state index contributed by atoms with van der Waals surface area (Å²) >= 11 is 0. The van der Waals surface area contributed by atoms with Gasteiger partial charge in [-0.2, -0.15) is 0 Å². The van der Waals surface area contributed by atoms with E-state index in [9.17, 15) is 9.90 Å². The van der Waals surface area contributed by atoms with Crippen LogP contribution in [0.1, 0.15) is 81.8 Å². The summed E-state index contributed by atoms with van der Waals surface area (Å²) in [5.74, 6) is 8.22. The molecule has 0 spiro atoms. The molecule has 4 heteroatoms. The molecule has 1 saturated heterocycles. The Balaban J connectivity index is 1.26. The third-order valence-electron chi connectivity index (χ3n) is 11.5. The molecule has 218 valence electrons. The van der Waals surface area contributed by atoms with Crippen LogP contribution in [0.2, 0.25) is 0 Å². The molecule has 0 amide bonds. The number of nitrogens with zero attached hydrogens (tertiary/aromatic N) is 2. The molecular formula is C38H44N2O2. The van der Waals surface area contributed by atoms with Crippen molar-refractivity contribution in [3.05, 3.63) is 82.5 Å². The molecule has 0 aromatic heterocycles. The lowest BCUT2D eigenvalue weighted by Crippen LogP contribution is -2.51. The lowest BCUT2D eigenvalue weighted by molar-refractivity contribution is -0.114. The Morgan fingerprint density at radius 3 is 2.40 bits per heavy atom. The third kappa shape index (κ3) is 4.53. The molecule has 7 rings (SSSR count). The van der Waals surface area contributed by atoms with Gasteiger partial charge in [0, 0.05) is 61.9 Å². The zero-order valence-corrected chi connectivity index (χ0v) is 25.5. The SMILES string of the molecule is CN(C)c1ccc([C@H]2C[C@@]3(C)[C@@H](CC[C@@]3(O)C#Cc3ccc(N4CCCC4)cc3)[C@@H]3CCC4=CC(=O)CCC4=C32)cc1. The highest BCUT2D eigenvalue weighted by Crippen LogP contribution is 2.66. The smallest absolute Gasteiger partial charge is 0.156 e. The highest BCUT2D eigenvalue weighted by Gasteiger charge is 2.62. The molecule has 0 bridgehead atoms. The number of carbonyl (C=O) groups is 1. The van der Waals surface area contributed by atoms with E-state index in [-0.39, 0.29) is 17.1 Å². The molecule has 2 saturated carbocycles. The van der Waals surface area contributed by atoms with Gasteiger partial charge in [-0.3, -0.25) is 4.79 Å². The summed E-state index contributed by atoms with van der Waals surface area (Å²) < 4.78 is 0. The number of carbonyl (C=O) groups excluding carboxylic acids is 1.